The number of ether oxygens (including phenoxy) is 3. The summed E-state index contributed by atoms with van der Waals surface area (Å²) in [6.07, 6.45) is 6.52. The lowest BCUT2D eigenvalue weighted by atomic mass is 9.68. The minimum absolute atomic E-state index is 0.0238. The summed E-state index contributed by atoms with van der Waals surface area (Å²) < 4.78 is 19.1. The van der Waals surface area contributed by atoms with E-state index in [4.69, 9.17) is 14.2 Å². The Balaban J connectivity index is 1.85. The van der Waals surface area contributed by atoms with E-state index >= 15 is 0 Å². The van der Waals surface area contributed by atoms with Gasteiger partial charge in [0, 0.05) is 61.9 Å². The Bertz CT molecular complexity index is 1030. The highest BCUT2D eigenvalue weighted by Gasteiger charge is 2.52. The van der Waals surface area contributed by atoms with Crippen LogP contribution in [-0.2, 0) is 14.2 Å². The van der Waals surface area contributed by atoms with Crippen molar-refractivity contribution in [2.75, 3.05) is 27.4 Å². The molecule has 4 atom stereocenters. The van der Waals surface area contributed by atoms with Crippen LogP contribution in [0.3, 0.4) is 0 Å². The lowest BCUT2D eigenvalue weighted by Crippen LogP contribution is -2.40. The summed E-state index contributed by atoms with van der Waals surface area (Å²) in [5, 5.41) is 9.58. The van der Waals surface area contributed by atoms with Crippen molar-refractivity contribution in [2.24, 2.45) is 17.3 Å². The van der Waals surface area contributed by atoms with Gasteiger partial charge < -0.3 is 23.9 Å². The number of fused-ring (bicyclic) bond motifs is 6. The molecule has 7 heteroatoms. The molecule has 1 aliphatic heterocycles. The van der Waals surface area contributed by atoms with Crippen molar-refractivity contribution < 1.29 is 24.1 Å². The van der Waals surface area contributed by atoms with E-state index in [-0.39, 0.29) is 34.8 Å². The zero-order chi connectivity index (χ0) is 23.2. The van der Waals surface area contributed by atoms with Crippen LogP contribution in [0.2, 0.25) is 0 Å². The Labute approximate surface area is 188 Å². The highest BCUT2D eigenvalue weighted by atomic mass is 16.5. The number of methoxy groups -OCH3 is 2. The van der Waals surface area contributed by atoms with Crippen LogP contribution in [0.25, 0.3) is 0 Å². The smallest absolute Gasteiger partial charge is 0.341 e. The number of hydrogen-bond acceptors (Lipinski definition) is 5. The number of rotatable bonds is 7. The van der Waals surface area contributed by atoms with Gasteiger partial charge in [0.2, 0.25) is 0 Å². The Morgan fingerprint density at radius 3 is 2.69 bits per heavy atom. The van der Waals surface area contributed by atoms with E-state index in [1.807, 2.05) is 0 Å². The minimum Gasteiger partial charge on any atom is -0.497 e. The van der Waals surface area contributed by atoms with Gasteiger partial charge in [-0.25, -0.2) is 4.79 Å². The van der Waals surface area contributed by atoms with Crippen LogP contribution in [0, 0.1) is 17.3 Å². The van der Waals surface area contributed by atoms with E-state index in [0.717, 1.165) is 36.5 Å². The molecule has 1 aromatic heterocycles. The van der Waals surface area contributed by atoms with Gasteiger partial charge >= 0.3 is 5.97 Å². The van der Waals surface area contributed by atoms with Gasteiger partial charge in [-0.2, -0.15) is 0 Å². The molecule has 0 bridgehead atoms. The largest absolute Gasteiger partial charge is 0.497 e. The maximum Gasteiger partial charge on any atom is 0.341 e. The van der Waals surface area contributed by atoms with E-state index in [1.54, 1.807) is 20.4 Å². The molecule has 1 fully saturated rings. The van der Waals surface area contributed by atoms with Crippen LogP contribution in [-0.4, -0.2) is 43.1 Å². The molecule has 32 heavy (non-hydrogen) atoms. The summed E-state index contributed by atoms with van der Waals surface area (Å²) in [5.74, 6) is 0.493. The molecule has 0 spiro atoms. The Kier molecular flexibility index (Phi) is 5.96. The molecule has 7 nitrogen and oxygen atoms in total. The van der Waals surface area contributed by atoms with Crippen LogP contribution >= 0.6 is 0 Å². The zero-order valence-corrected chi connectivity index (χ0v) is 19.5. The van der Waals surface area contributed by atoms with Crippen molar-refractivity contribution in [1.29, 1.82) is 0 Å². The van der Waals surface area contributed by atoms with Crippen molar-refractivity contribution in [1.82, 2.24) is 4.57 Å². The topological polar surface area (TPSA) is 87.0 Å². The summed E-state index contributed by atoms with van der Waals surface area (Å²) in [6.45, 7) is 7.72. The number of aromatic nitrogens is 1. The quantitative estimate of drug-likeness (QED) is 0.638. The maximum absolute atomic E-state index is 12.7. The lowest BCUT2D eigenvalue weighted by molar-refractivity contribution is 0.0692. The number of carbonyl (C=O) groups is 1. The second kappa shape index (κ2) is 8.43. The summed E-state index contributed by atoms with van der Waals surface area (Å²) in [7, 11) is 3.32. The second-order valence-electron chi connectivity index (χ2n) is 9.81. The Hall–Kier alpha value is -2.54. The van der Waals surface area contributed by atoms with E-state index in [1.165, 1.54) is 11.6 Å². The van der Waals surface area contributed by atoms with Gasteiger partial charge in [0.1, 0.15) is 11.3 Å². The molecule has 1 saturated carbocycles. The van der Waals surface area contributed by atoms with Crippen LogP contribution in [0.4, 0.5) is 0 Å². The molecule has 2 heterocycles. The molecule has 174 valence electrons. The van der Waals surface area contributed by atoms with E-state index < -0.39 is 11.4 Å². The van der Waals surface area contributed by atoms with Gasteiger partial charge in [0.25, 0.3) is 0 Å². The Morgan fingerprint density at radius 1 is 1.28 bits per heavy atom. The third-order valence-electron chi connectivity index (χ3n) is 7.45. The number of pyridine rings is 1. The number of hydrogen-bond donors (Lipinski definition) is 1. The fourth-order valence-electron chi connectivity index (χ4n) is 6.04. The second-order valence-corrected chi connectivity index (χ2v) is 9.81. The molecule has 0 radical (unpaired) electrons. The van der Waals surface area contributed by atoms with Crippen molar-refractivity contribution in [3.63, 3.8) is 0 Å². The molecule has 1 N–H and O–H groups in total. The highest BCUT2D eigenvalue weighted by Crippen LogP contribution is 2.60. The highest BCUT2D eigenvalue weighted by molar-refractivity contribution is 5.87. The summed E-state index contributed by atoms with van der Waals surface area (Å²) in [6, 6.07) is 1.62. The summed E-state index contributed by atoms with van der Waals surface area (Å²) >= 11 is 0. The standard InChI is InChI=1S/C25H33NO6/c1-14-21-16(11-20(22(14)31-5)32-10-6-9-30-4)15-7-8-25(2,3)23(15)26-13-17(24(28)29)19(27)12-18(21)26/h11-15,21,23H,6-10H2,1-5H3,(H,28,29)/t14?,15-,21?,23-/m0/s1. The van der Waals surface area contributed by atoms with Crippen molar-refractivity contribution in [3.05, 3.63) is 56.9 Å². The van der Waals surface area contributed by atoms with Gasteiger partial charge in [0.15, 0.2) is 11.2 Å². The van der Waals surface area contributed by atoms with Gasteiger partial charge in [-0.1, -0.05) is 26.3 Å². The van der Waals surface area contributed by atoms with Crippen molar-refractivity contribution in [3.8, 4) is 0 Å². The number of nitrogens with zero attached hydrogens (tertiary/aromatic N) is 1. The third-order valence-corrected chi connectivity index (χ3v) is 7.45. The van der Waals surface area contributed by atoms with Crippen LogP contribution in [0.1, 0.15) is 68.0 Å². The molecule has 0 saturated heterocycles. The van der Waals surface area contributed by atoms with E-state index in [0.29, 0.717) is 13.2 Å². The van der Waals surface area contributed by atoms with Crippen LogP contribution < -0.4 is 5.43 Å². The summed E-state index contributed by atoms with van der Waals surface area (Å²) in [4.78, 5) is 24.4. The fraction of sp³-hybridized carbons (Fsp3) is 0.600. The molecule has 2 unspecified atom stereocenters. The normalized spacial score (nSPS) is 27.8. The predicted octanol–water partition coefficient (Wildman–Crippen LogP) is 4.11. The Morgan fingerprint density at radius 2 is 2.03 bits per heavy atom. The maximum atomic E-state index is 12.7. The fourth-order valence-corrected chi connectivity index (χ4v) is 6.04. The van der Waals surface area contributed by atoms with Gasteiger partial charge in [0.05, 0.1) is 13.7 Å². The van der Waals surface area contributed by atoms with Crippen LogP contribution in [0.15, 0.2) is 40.2 Å². The third kappa shape index (κ3) is 3.56. The first-order valence-corrected chi connectivity index (χ1v) is 11.3. The average molecular weight is 444 g/mol. The predicted molar refractivity (Wildman–Crippen MR) is 120 cm³/mol. The van der Waals surface area contributed by atoms with Gasteiger partial charge in [-0.3, -0.25) is 4.79 Å². The first kappa shape index (κ1) is 22.6. The molecular formula is C25H33NO6. The number of carboxylic acid groups (broad SMARTS) is 1. The summed E-state index contributed by atoms with van der Waals surface area (Å²) in [5.41, 5.74) is 1.48. The SMILES string of the molecule is COCCCOC1=C(OC)C(C)C2C(=C1)[C@@H]1CCC(C)(C)[C@H]1n1cc(C(=O)O)c(=O)cc12. The first-order chi connectivity index (χ1) is 15.2. The van der Waals surface area contributed by atoms with E-state index in [9.17, 15) is 14.7 Å². The van der Waals surface area contributed by atoms with Crippen molar-refractivity contribution >= 4 is 5.97 Å². The average Bonchev–Trinajstić information content (AvgIpc) is 3.06. The monoisotopic (exact) mass is 443 g/mol. The number of allylic oxidation sites excluding steroid dienone is 3. The van der Waals surface area contributed by atoms with Gasteiger partial charge in [-0.05, 0) is 24.3 Å². The van der Waals surface area contributed by atoms with E-state index in [2.05, 4.69) is 31.4 Å². The zero-order valence-electron chi connectivity index (χ0n) is 19.5. The molecule has 0 amide bonds. The van der Waals surface area contributed by atoms with Crippen LogP contribution in [0.5, 0.6) is 0 Å². The van der Waals surface area contributed by atoms with Crippen molar-refractivity contribution in [2.45, 2.75) is 52.0 Å². The van der Waals surface area contributed by atoms with Gasteiger partial charge in [-0.15, -0.1) is 0 Å². The molecular weight excluding hydrogens is 410 g/mol. The lowest BCUT2D eigenvalue weighted by Gasteiger charge is -2.46. The molecule has 2 aliphatic carbocycles. The number of carboxylic acids is 1. The number of aromatic carboxylic acids is 1. The minimum atomic E-state index is -1.18. The molecule has 1 aromatic rings. The molecule has 0 aromatic carbocycles. The molecule has 3 aliphatic rings. The first-order valence-electron chi connectivity index (χ1n) is 11.3. The molecule has 4 rings (SSSR count).